The van der Waals surface area contributed by atoms with E-state index < -0.39 is 0 Å². The highest BCUT2D eigenvalue weighted by Crippen LogP contribution is 2.23. The number of furan rings is 1. The lowest BCUT2D eigenvalue weighted by Crippen LogP contribution is -2.48. The van der Waals surface area contributed by atoms with Gasteiger partial charge in [-0.3, -0.25) is 9.69 Å². The van der Waals surface area contributed by atoms with Crippen molar-refractivity contribution >= 4 is 28.8 Å². The molecule has 0 aromatic carbocycles. The van der Waals surface area contributed by atoms with Crippen LogP contribution in [0.5, 0.6) is 0 Å². The van der Waals surface area contributed by atoms with Gasteiger partial charge < -0.3 is 9.32 Å². The van der Waals surface area contributed by atoms with Crippen molar-refractivity contribution in [1.29, 1.82) is 0 Å². The van der Waals surface area contributed by atoms with E-state index in [1.807, 2.05) is 17.9 Å². The summed E-state index contributed by atoms with van der Waals surface area (Å²) in [5, 5.41) is 0. The molecule has 1 aliphatic rings. The van der Waals surface area contributed by atoms with Crippen LogP contribution in [0.1, 0.15) is 21.0 Å². The number of aryl methyl sites for hydroxylation is 1. The van der Waals surface area contributed by atoms with Crippen LogP contribution in [0.25, 0.3) is 0 Å². The van der Waals surface area contributed by atoms with Gasteiger partial charge in [0, 0.05) is 37.6 Å². The molecule has 2 aromatic heterocycles. The topological polar surface area (TPSA) is 36.7 Å². The van der Waals surface area contributed by atoms with Crippen molar-refractivity contribution in [3.05, 3.63) is 45.0 Å². The van der Waals surface area contributed by atoms with E-state index in [1.54, 1.807) is 23.7 Å². The summed E-state index contributed by atoms with van der Waals surface area (Å²) in [4.78, 5) is 17.9. The third-order valence-electron chi connectivity index (χ3n) is 3.76. The van der Waals surface area contributed by atoms with Crippen LogP contribution in [-0.2, 0) is 6.54 Å². The first-order valence-corrected chi connectivity index (χ1v) is 8.13. The molecule has 1 saturated heterocycles. The van der Waals surface area contributed by atoms with Crippen molar-refractivity contribution in [2.45, 2.75) is 13.5 Å². The smallest absolute Gasteiger partial charge is 0.257 e. The lowest BCUT2D eigenvalue weighted by molar-refractivity contribution is 0.0628. The fourth-order valence-electron chi connectivity index (χ4n) is 2.54. The molecule has 1 aliphatic heterocycles. The Bertz CT molecular complexity index is 629. The molecule has 4 nitrogen and oxygen atoms in total. The summed E-state index contributed by atoms with van der Waals surface area (Å²) < 4.78 is 6.04. The van der Waals surface area contributed by atoms with Gasteiger partial charge in [-0.25, -0.2) is 0 Å². The molecule has 112 valence electrons. The molecular weight excluding hydrogens is 308 g/mol. The Morgan fingerprint density at radius 2 is 2.05 bits per heavy atom. The summed E-state index contributed by atoms with van der Waals surface area (Å²) in [5.41, 5.74) is 0.675. The Balaban J connectivity index is 1.55. The second kappa shape index (κ2) is 6.22. The van der Waals surface area contributed by atoms with E-state index in [0.717, 1.165) is 37.1 Å². The Kier molecular flexibility index (Phi) is 4.33. The number of thiophene rings is 1. The van der Waals surface area contributed by atoms with Gasteiger partial charge in [0.1, 0.15) is 5.76 Å². The molecular formula is C15H17ClN2O2S. The largest absolute Gasteiger partial charge is 0.469 e. The fraction of sp³-hybridized carbons (Fsp3) is 0.400. The van der Waals surface area contributed by atoms with Crippen LogP contribution in [0, 0.1) is 6.92 Å². The third kappa shape index (κ3) is 3.31. The molecule has 0 N–H and O–H groups in total. The summed E-state index contributed by atoms with van der Waals surface area (Å²) in [7, 11) is 0. The average molecular weight is 325 g/mol. The molecule has 2 aromatic rings. The molecule has 0 spiro atoms. The van der Waals surface area contributed by atoms with Gasteiger partial charge >= 0.3 is 0 Å². The average Bonchev–Trinajstić information content (AvgIpc) is 3.08. The minimum atomic E-state index is 0.0695. The first-order valence-electron chi connectivity index (χ1n) is 6.93. The number of carbonyl (C=O) groups excluding carboxylic acids is 1. The van der Waals surface area contributed by atoms with Gasteiger partial charge in [0.2, 0.25) is 0 Å². The number of carbonyl (C=O) groups is 1. The summed E-state index contributed by atoms with van der Waals surface area (Å²) in [5.74, 6) is 0.760. The predicted molar refractivity (Wildman–Crippen MR) is 84.0 cm³/mol. The zero-order valence-corrected chi connectivity index (χ0v) is 13.4. The molecule has 0 saturated carbocycles. The lowest BCUT2D eigenvalue weighted by Gasteiger charge is -2.34. The number of nitrogens with zero attached hydrogens (tertiary/aromatic N) is 2. The first-order chi connectivity index (χ1) is 10.1. The normalized spacial score (nSPS) is 16.4. The van der Waals surface area contributed by atoms with Crippen LogP contribution in [0.15, 0.2) is 28.9 Å². The number of hydrogen-bond acceptors (Lipinski definition) is 4. The molecule has 0 radical (unpaired) electrons. The van der Waals surface area contributed by atoms with Crippen molar-refractivity contribution in [3.8, 4) is 0 Å². The van der Waals surface area contributed by atoms with Crippen molar-refractivity contribution in [1.82, 2.24) is 9.80 Å². The molecule has 1 amide bonds. The van der Waals surface area contributed by atoms with E-state index in [2.05, 4.69) is 11.0 Å². The highest BCUT2D eigenvalue weighted by atomic mass is 35.5. The van der Waals surface area contributed by atoms with E-state index >= 15 is 0 Å². The van der Waals surface area contributed by atoms with Gasteiger partial charge in [-0.2, -0.15) is 0 Å². The molecule has 0 bridgehead atoms. The first kappa shape index (κ1) is 14.6. The second-order valence-electron chi connectivity index (χ2n) is 5.16. The number of rotatable bonds is 3. The minimum absolute atomic E-state index is 0.0695. The monoisotopic (exact) mass is 324 g/mol. The lowest BCUT2D eigenvalue weighted by atomic mass is 10.2. The molecule has 0 aliphatic carbocycles. The summed E-state index contributed by atoms with van der Waals surface area (Å²) in [6.07, 6.45) is 1.57. The van der Waals surface area contributed by atoms with E-state index in [4.69, 9.17) is 16.0 Å². The summed E-state index contributed by atoms with van der Waals surface area (Å²) in [6, 6.07) is 5.75. The maximum atomic E-state index is 12.4. The Morgan fingerprint density at radius 1 is 1.29 bits per heavy atom. The molecule has 3 heterocycles. The van der Waals surface area contributed by atoms with Crippen LogP contribution in [0.4, 0.5) is 0 Å². The quantitative estimate of drug-likeness (QED) is 0.869. The zero-order chi connectivity index (χ0) is 14.8. The van der Waals surface area contributed by atoms with Crippen molar-refractivity contribution in [2.24, 2.45) is 0 Å². The summed E-state index contributed by atoms with van der Waals surface area (Å²) in [6.45, 7) is 6.01. The number of hydrogen-bond donors (Lipinski definition) is 0. The van der Waals surface area contributed by atoms with Gasteiger partial charge in [-0.05, 0) is 25.1 Å². The molecule has 3 rings (SSSR count). The number of piperazine rings is 1. The maximum absolute atomic E-state index is 12.4. The third-order valence-corrected chi connectivity index (χ3v) is 4.97. The van der Waals surface area contributed by atoms with Crippen LogP contribution < -0.4 is 0 Å². The Morgan fingerprint density at radius 3 is 2.62 bits per heavy atom. The van der Waals surface area contributed by atoms with E-state index in [0.29, 0.717) is 11.3 Å². The Labute approximate surface area is 132 Å². The van der Waals surface area contributed by atoms with Gasteiger partial charge in [0.15, 0.2) is 0 Å². The van der Waals surface area contributed by atoms with Crippen molar-refractivity contribution < 1.29 is 9.21 Å². The molecule has 6 heteroatoms. The SMILES string of the molecule is Cc1occc1C(=O)N1CCN(Cc2ccc(Cl)s2)CC1. The summed E-state index contributed by atoms with van der Waals surface area (Å²) >= 11 is 7.57. The molecule has 21 heavy (non-hydrogen) atoms. The van der Waals surface area contributed by atoms with Gasteiger partial charge in [0.05, 0.1) is 16.2 Å². The van der Waals surface area contributed by atoms with Crippen LogP contribution in [0.2, 0.25) is 4.34 Å². The zero-order valence-electron chi connectivity index (χ0n) is 11.8. The van der Waals surface area contributed by atoms with Crippen LogP contribution in [0.3, 0.4) is 0 Å². The number of amides is 1. The van der Waals surface area contributed by atoms with Crippen molar-refractivity contribution in [3.63, 3.8) is 0 Å². The maximum Gasteiger partial charge on any atom is 0.257 e. The molecule has 0 atom stereocenters. The van der Waals surface area contributed by atoms with Crippen molar-refractivity contribution in [2.75, 3.05) is 26.2 Å². The Hall–Kier alpha value is -1.30. The second-order valence-corrected chi connectivity index (χ2v) is 6.96. The van der Waals surface area contributed by atoms with Gasteiger partial charge in [-0.15, -0.1) is 11.3 Å². The fourth-order valence-corrected chi connectivity index (χ4v) is 3.67. The van der Waals surface area contributed by atoms with E-state index in [1.165, 1.54) is 4.88 Å². The van der Waals surface area contributed by atoms with Gasteiger partial charge in [0.25, 0.3) is 5.91 Å². The molecule has 1 fully saturated rings. The minimum Gasteiger partial charge on any atom is -0.469 e. The highest BCUT2D eigenvalue weighted by Gasteiger charge is 2.24. The van der Waals surface area contributed by atoms with E-state index in [-0.39, 0.29) is 5.91 Å². The van der Waals surface area contributed by atoms with E-state index in [9.17, 15) is 4.79 Å². The molecule has 0 unspecified atom stereocenters. The predicted octanol–water partition coefficient (Wildman–Crippen LogP) is 3.26. The van der Waals surface area contributed by atoms with Gasteiger partial charge in [-0.1, -0.05) is 11.6 Å². The number of halogens is 1. The van der Waals surface area contributed by atoms with Crippen LogP contribution in [-0.4, -0.2) is 41.9 Å². The highest BCUT2D eigenvalue weighted by molar-refractivity contribution is 7.16. The standard InChI is InChI=1S/C15H17ClN2O2S/c1-11-13(4-9-20-11)15(19)18-7-5-17(6-8-18)10-12-2-3-14(16)21-12/h2-4,9H,5-8,10H2,1H3. The van der Waals surface area contributed by atoms with Crippen LogP contribution >= 0.6 is 22.9 Å².